The lowest BCUT2D eigenvalue weighted by Crippen LogP contribution is -2.37. The predicted octanol–water partition coefficient (Wildman–Crippen LogP) is 2.31. The molecular weight excluding hydrogens is 242 g/mol. The molecule has 2 radical (unpaired) electrons. The average molecular weight is 252 g/mol. The van der Waals surface area contributed by atoms with Crippen LogP contribution in [0.25, 0.3) is 0 Å². The molecular formula is C16H10B2N2. The van der Waals surface area contributed by atoms with E-state index in [-0.39, 0.29) is 0 Å². The van der Waals surface area contributed by atoms with Gasteiger partial charge in [-0.05, 0) is 23.3 Å². The average Bonchev–Trinajstić information content (AvgIpc) is 3.07. The van der Waals surface area contributed by atoms with E-state index in [0.717, 1.165) is 0 Å². The first-order chi connectivity index (χ1) is 9.87. The molecule has 5 aliphatic rings. The zero-order valence-corrected chi connectivity index (χ0v) is 10.8. The maximum absolute atomic E-state index is 2.23. The second kappa shape index (κ2) is 3.60. The van der Waals surface area contributed by atoms with Crippen LogP contribution in [0.5, 0.6) is 0 Å². The van der Waals surface area contributed by atoms with E-state index in [1.807, 2.05) is 0 Å². The van der Waals surface area contributed by atoms with Crippen molar-refractivity contribution in [1.29, 1.82) is 0 Å². The Labute approximate surface area is 119 Å². The van der Waals surface area contributed by atoms with E-state index in [0.29, 0.717) is 0 Å². The zero-order chi connectivity index (χ0) is 13.1. The summed E-state index contributed by atoms with van der Waals surface area (Å²) in [4.78, 5) is 4.40. The highest BCUT2D eigenvalue weighted by molar-refractivity contribution is 6.48. The molecule has 5 rings (SSSR count). The lowest BCUT2D eigenvalue weighted by molar-refractivity contribution is 0.615. The molecule has 0 saturated carbocycles. The molecule has 4 heteroatoms. The Kier molecular flexibility index (Phi) is 1.88. The predicted molar refractivity (Wildman–Crippen MR) is 82.0 cm³/mol. The van der Waals surface area contributed by atoms with Crippen LogP contribution < -0.4 is 0 Å². The minimum atomic E-state index is 1.20. The van der Waals surface area contributed by atoms with E-state index in [9.17, 15) is 0 Å². The Morgan fingerprint density at radius 2 is 1.20 bits per heavy atom. The van der Waals surface area contributed by atoms with Gasteiger partial charge in [-0.1, -0.05) is 47.4 Å². The Balaban J connectivity index is 1.60. The van der Waals surface area contributed by atoms with Gasteiger partial charge in [0.1, 0.15) is 0 Å². The Morgan fingerprint density at radius 1 is 0.700 bits per heavy atom. The summed E-state index contributed by atoms with van der Waals surface area (Å²) in [7, 11) is 4.39. The summed E-state index contributed by atoms with van der Waals surface area (Å²) in [5.74, 6) is 0. The quantitative estimate of drug-likeness (QED) is 0.610. The van der Waals surface area contributed by atoms with Crippen molar-refractivity contribution in [3.8, 4) is 0 Å². The smallest absolute Gasteiger partial charge is 0.290 e. The highest BCUT2D eigenvalue weighted by Gasteiger charge is 2.28. The number of rotatable bonds is 0. The van der Waals surface area contributed by atoms with Gasteiger partial charge in [0.15, 0.2) is 0 Å². The largest absolute Gasteiger partial charge is 0.389 e. The fourth-order valence-corrected chi connectivity index (χ4v) is 3.03. The van der Waals surface area contributed by atoms with Crippen LogP contribution in [0.2, 0.25) is 0 Å². The molecule has 0 bridgehead atoms. The van der Waals surface area contributed by atoms with Crippen molar-refractivity contribution in [1.82, 2.24) is 9.62 Å². The molecule has 0 aromatic rings. The van der Waals surface area contributed by atoms with E-state index in [2.05, 4.69) is 85.5 Å². The zero-order valence-electron chi connectivity index (χ0n) is 10.8. The molecule has 0 fully saturated rings. The molecule has 0 atom stereocenters. The number of fused-ring (bicyclic) bond motifs is 4. The van der Waals surface area contributed by atoms with Crippen molar-refractivity contribution in [3.05, 3.63) is 94.5 Å². The standard InChI is InChI=1S/C16H10B2N2/c1-3-11-7-13-9-20-14(10-19(13)17-15(11)5-1)8-12-4-2-6-16(12)18-20/h1-10H. The molecule has 0 amide bonds. The molecule has 90 valence electrons. The summed E-state index contributed by atoms with van der Waals surface area (Å²) in [6, 6.07) is 0. The van der Waals surface area contributed by atoms with E-state index in [1.165, 1.54) is 33.5 Å². The molecule has 3 aliphatic heterocycles. The highest BCUT2D eigenvalue weighted by Crippen LogP contribution is 2.34. The number of hydrogen-bond acceptors (Lipinski definition) is 2. The highest BCUT2D eigenvalue weighted by atomic mass is 15.2. The van der Waals surface area contributed by atoms with Crippen LogP contribution in [0.4, 0.5) is 0 Å². The van der Waals surface area contributed by atoms with Gasteiger partial charge in [0.2, 0.25) is 0 Å². The van der Waals surface area contributed by atoms with E-state index >= 15 is 0 Å². The molecule has 2 nitrogen and oxygen atoms in total. The van der Waals surface area contributed by atoms with Gasteiger partial charge in [0, 0.05) is 23.8 Å². The van der Waals surface area contributed by atoms with Crippen LogP contribution in [0, 0.1) is 0 Å². The molecule has 0 unspecified atom stereocenters. The van der Waals surface area contributed by atoms with E-state index < -0.39 is 0 Å². The molecule has 0 spiro atoms. The van der Waals surface area contributed by atoms with Crippen LogP contribution in [-0.4, -0.2) is 24.5 Å². The summed E-state index contributed by atoms with van der Waals surface area (Å²) < 4.78 is 0. The molecule has 0 saturated heterocycles. The number of nitrogens with zero attached hydrogens (tertiary/aromatic N) is 2. The van der Waals surface area contributed by atoms with Crippen molar-refractivity contribution in [2.45, 2.75) is 0 Å². The number of allylic oxidation sites excluding steroid dienone is 12. The van der Waals surface area contributed by atoms with Gasteiger partial charge in [-0.25, -0.2) is 0 Å². The first-order valence-corrected chi connectivity index (χ1v) is 6.78. The van der Waals surface area contributed by atoms with Crippen LogP contribution in [0.1, 0.15) is 0 Å². The molecule has 20 heavy (non-hydrogen) atoms. The minimum absolute atomic E-state index is 1.20. The first kappa shape index (κ1) is 10.4. The maximum atomic E-state index is 2.23. The summed E-state index contributed by atoms with van der Waals surface area (Å²) in [6.07, 6.45) is 21.7. The third kappa shape index (κ3) is 1.36. The summed E-state index contributed by atoms with van der Waals surface area (Å²) in [5.41, 5.74) is 7.54. The Morgan fingerprint density at radius 3 is 1.70 bits per heavy atom. The third-order valence-electron chi connectivity index (χ3n) is 4.07. The normalized spacial score (nSPS) is 24.0. The van der Waals surface area contributed by atoms with Crippen LogP contribution in [0.15, 0.2) is 94.5 Å². The topological polar surface area (TPSA) is 6.48 Å². The van der Waals surface area contributed by atoms with Crippen LogP contribution in [0.3, 0.4) is 0 Å². The monoisotopic (exact) mass is 252 g/mol. The van der Waals surface area contributed by atoms with Crippen molar-refractivity contribution >= 4 is 14.8 Å². The Hall–Kier alpha value is -2.35. The van der Waals surface area contributed by atoms with E-state index in [1.54, 1.807) is 0 Å². The summed E-state index contributed by atoms with van der Waals surface area (Å²) in [5, 5.41) is 0. The molecule has 0 N–H and O–H groups in total. The summed E-state index contributed by atoms with van der Waals surface area (Å²) in [6.45, 7) is 0. The second-order valence-corrected chi connectivity index (χ2v) is 5.34. The van der Waals surface area contributed by atoms with Crippen molar-refractivity contribution in [2.24, 2.45) is 0 Å². The summed E-state index contributed by atoms with van der Waals surface area (Å²) >= 11 is 0. The lowest BCUT2D eigenvalue weighted by Gasteiger charge is -2.38. The number of hydrogen-bond donors (Lipinski definition) is 0. The van der Waals surface area contributed by atoms with Crippen LogP contribution in [-0.2, 0) is 0 Å². The molecule has 2 aliphatic carbocycles. The van der Waals surface area contributed by atoms with Gasteiger partial charge in [-0.15, -0.1) is 0 Å². The van der Waals surface area contributed by atoms with Gasteiger partial charge < -0.3 is 9.62 Å². The van der Waals surface area contributed by atoms with Crippen molar-refractivity contribution in [3.63, 3.8) is 0 Å². The molecule has 0 aromatic carbocycles. The first-order valence-electron chi connectivity index (χ1n) is 6.78. The maximum Gasteiger partial charge on any atom is 0.290 e. The van der Waals surface area contributed by atoms with Crippen molar-refractivity contribution in [2.75, 3.05) is 0 Å². The molecule has 0 aromatic heterocycles. The lowest BCUT2D eigenvalue weighted by atomic mass is 9.70. The van der Waals surface area contributed by atoms with Gasteiger partial charge in [-0.2, -0.15) is 0 Å². The molecule has 3 heterocycles. The minimum Gasteiger partial charge on any atom is -0.389 e. The second-order valence-electron chi connectivity index (χ2n) is 5.34. The Bertz CT molecular complexity index is 706. The van der Waals surface area contributed by atoms with Gasteiger partial charge in [0.25, 0.3) is 14.8 Å². The van der Waals surface area contributed by atoms with E-state index in [4.69, 9.17) is 0 Å². The fraction of sp³-hybridized carbons (Fsp3) is 0. The van der Waals surface area contributed by atoms with Crippen molar-refractivity contribution < 1.29 is 0 Å². The fourth-order valence-electron chi connectivity index (χ4n) is 3.03. The van der Waals surface area contributed by atoms with Gasteiger partial charge in [-0.3, -0.25) is 0 Å². The van der Waals surface area contributed by atoms with Gasteiger partial charge >= 0.3 is 0 Å². The third-order valence-corrected chi connectivity index (χ3v) is 4.07. The van der Waals surface area contributed by atoms with Crippen LogP contribution >= 0.6 is 0 Å². The van der Waals surface area contributed by atoms with Gasteiger partial charge in [0.05, 0.1) is 0 Å². The SMILES string of the molecule is [B]1C2=CC=CC2=CC2=CN3[B]C4=CC=CC4=CC3=CN12.